The maximum absolute atomic E-state index is 9.26. The van der Waals surface area contributed by atoms with E-state index >= 15 is 0 Å². The normalized spacial score (nSPS) is 20.6. The Morgan fingerprint density at radius 1 is 0.400 bits per heavy atom. The number of aliphatic hydroxyl groups is 4. The molecule has 9 heteroatoms. The first-order valence-corrected chi connectivity index (χ1v) is 9.06. The molecule has 0 aromatic heterocycles. The molecule has 1 fully saturated rings. The minimum atomic E-state index is 0. The zero-order valence-corrected chi connectivity index (χ0v) is 17.7. The summed E-state index contributed by atoms with van der Waals surface area (Å²) in [7, 11) is 0. The van der Waals surface area contributed by atoms with Gasteiger partial charge in [-0.3, -0.25) is 19.6 Å². The van der Waals surface area contributed by atoms with Gasteiger partial charge in [0.2, 0.25) is 0 Å². The van der Waals surface area contributed by atoms with Crippen LogP contribution in [0.15, 0.2) is 0 Å². The van der Waals surface area contributed by atoms with Gasteiger partial charge in [0, 0.05) is 78.5 Å². The predicted molar refractivity (Wildman–Crippen MR) is 94.1 cm³/mol. The molecule has 25 heavy (non-hydrogen) atoms. The van der Waals surface area contributed by atoms with Crippen LogP contribution >= 0.6 is 0 Å². The van der Waals surface area contributed by atoms with Crippen molar-refractivity contribution in [1.29, 1.82) is 0 Å². The standard InChI is InChI=1S/C16H36N4O4.Eu/c21-13-9-17-1-2-18(10-14-22)5-6-20(12-16-24)8-7-19(4-3-17)11-15-23;/h21-24H,1-16H2;/q;+3. The summed E-state index contributed by atoms with van der Waals surface area (Å²) in [6.07, 6.45) is 0. The fourth-order valence-corrected chi connectivity index (χ4v) is 3.04. The molecule has 0 radical (unpaired) electrons. The molecule has 1 rings (SSSR count). The van der Waals surface area contributed by atoms with Crippen molar-refractivity contribution >= 4 is 0 Å². The molecule has 148 valence electrons. The molecular weight excluding hydrogens is 464 g/mol. The molecule has 0 aromatic rings. The molecule has 0 saturated carbocycles. The average molecular weight is 500 g/mol. The molecule has 0 atom stereocenters. The summed E-state index contributed by atoms with van der Waals surface area (Å²) in [5.74, 6) is 0. The Hall–Kier alpha value is 1.26. The first-order valence-electron chi connectivity index (χ1n) is 9.06. The molecule has 1 aliphatic heterocycles. The van der Waals surface area contributed by atoms with E-state index in [0.29, 0.717) is 26.2 Å². The summed E-state index contributed by atoms with van der Waals surface area (Å²) in [4.78, 5) is 8.95. The maximum atomic E-state index is 9.26. The molecule has 4 N–H and O–H groups in total. The van der Waals surface area contributed by atoms with E-state index in [1.165, 1.54) is 0 Å². The van der Waals surface area contributed by atoms with Crippen LogP contribution in [0.3, 0.4) is 0 Å². The van der Waals surface area contributed by atoms with Crippen LogP contribution in [0.25, 0.3) is 0 Å². The van der Waals surface area contributed by atoms with Gasteiger partial charge in [-0.1, -0.05) is 0 Å². The number of β-amino-alcohol motifs (C(OH)–C–C–N with tert-alkyl or cyclic N) is 4. The van der Waals surface area contributed by atoms with E-state index in [0.717, 1.165) is 52.4 Å². The number of hydrogen-bond acceptors (Lipinski definition) is 8. The Labute approximate surface area is 192 Å². The van der Waals surface area contributed by atoms with Gasteiger partial charge < -0.3 is 20.4 Å². The fraction of sp³-hybridized carbons (Fsp3) is 1.00. The quantitative estimate of drug-likeness (QED) is 0.284. The number of nitrogens with zero attached hydrogens (tertiary/aromatic N) is 4. The third kappa shape index (κ3) is 12.4. The van der Waals surface area contributed by atoms with Crippen LogP contribution in [0.2, 0.25) is 0 Å². The molecule has 1 saturated heterocycles. The van der Waals surface area contributed by atoms with Crippen molar-refractivity contribution in [2.75, 3.05) is 105 Å². The van der Waals surface area contributed by atoms with Crippen LogP contribution in [-0.4, -0.2) is 145 Å². The monoisotopic (exact) mass is 501 g/mol. The Bertz CT molecular complexity index is 233. The van der Waals surface area contributed by atoms with Crippen LogP contribution in [0.1, 0.15) is 0 Å². The van der Waals surface area contributed by atoms with Gasteiger partial charge >= 0.3 is 49.4 Å². The number of rotatable bonds is 8. The third-order valence-electron chi connectivity index (χ3n) is 4.59. The Morgan fingerprint density at radius 3 is 0.680 bits per heavy atom. The Morgan fingerprint density at radius 2 is 0.560 bits per heavy atom. The van der Waals surface area contributed by atoms with E-state index in [-0.39, 0.29) is 75.8 Å². The second-order valence-electron chi connectivity index (χ2n) is 6.26. The van der Waals surface area contributed by atoms with Crippen LogP contribution < -0.4 is 0 Å². The molecular formula is C16H36EuN4O4+3. The van der Waals surface area contributed by atoms with E-state index in [4.69, 9.17) is 0 Å². The molecule has 0 aliphatic carbocycles. The molecule has 0 unspecified atom stereocenters. The first kappa shape index (κ1) is 26.3. The van der Waals surface area contributed by atoms with E-state index in [1.54, 1.807) is 0 Å². The summed E-state index contributed by atoms with van der Waals surface area (Å²) >= 11 is 0. The molecule has 1 heterocycles. The van der Waals surface area contributed by atoms with Crippen molar-refractivity contribution in [1.82, 2.24) is 19.6 Å². The predicted octanol–water partition coefficient (Wildman–Crippen LogP) is -2.82. The summed E-state index contributed by atoms with van der Waals surface area (Å²) in [5.41, 5.74) is 0. The van der Waals surface area contributed by atoms with Gasteiger partial charge in [0.25, 0.3) is 0 Å². The van der Waals surface area contributed by atoms with E-state index < -0.39 is 0 Å². The molecule has 0 aromatic carbocycles. The van der Waals surface area contributed by atoms with Crippen LogP contribution in [0.5, 0.6) is 0 Å². The van der Waals surface area contributed by atoms with Crippen molar-refractivity contribution in [3.63, 3.8) is 0 Å². The minimum Gasteiger partial charge on any atom is -0.395 e. The van der Waals surface area contributed by atoms with Gasteiger partial charge in [-0.05, 0) is 0 Å². The van der Waals surface area contributed by atoms with Gasteiger partial charge in [-0.2, -0.15) is 0 Å². The second kappa shape index (κ2) is 17.4. The number of aliphatic hydroxyl groups excluding tert-OH is 4. The van der Waals surface area contributed by atoms with Gasteiger partial charge in [0.15, 0.2) is 0 Å². The number of hydrogen-bond donors (Lipinski definition) is 4. The van der Waals surface area contributed by atoms with E-state index in [1.807, 2.05) is 0 Å². The van der Waals surface area contributed by atoms with E-state index in [2.05, 4.69) is 19.6 Å². The minimum absolute atomic E-state index is 0. The summed E-state index contributed by atoms with van der Waals surface area (Å²) in [6, 6.07) is 0. The Kier molecular flexibility index (Phi) is 18.2. The Balaban J connectivity index is 0.00000576. The van der Waals surface area contributed by atoms with Gasteiger partial charge in [-0.25, -0.2) is 0 Å². The van der Waals surface area contributed by atoms with Crippen molar-refractivity contribution in [3.8, 4) is 0 Å². The third-order valence-corrected chi connectivity index (χ3v) is 4.59. The van der Waals surface area contributed by atoms with Crippen molar-refractivity contribution in [2.45, 2.75) is 0 Å². The van der Waals surface area contributed by atoms with Crippen LogP contribution in [-0.2, 0) is 0 Å². The zero-order chi connectivity index (χ0) is 17.6. The molecule has 0 spiro atoms. The van der Waals surface area contributed by atoms with Crippen molar-refractivity contribution < 1.29 is 69.8 Å². The summed E-state index contributed by atoms with van der Waals surface area (Å²) in [6.45, 7) is 10.0. The zero-order valence-electron chi connectivity index (χ0n) is 15.3. The molecule has 0 amide bonds. The summed E-state index contributed by atoms with van der Waals surface area (Å²) in [5, 5.41) is 37.0. The summed E-state index contributed by atoms with van der Waals surface area (Å²) < 4.78 is 0. The van der Waals surface area contributed by atoms with Crippen LogP contribution in [0, 0.1) is 49.4 Å². The molecule has 8 nitrogen and oxygen atoms in total. The molecule has 0 bridgehead atoms. The van der Waals surface area contributed by atoms with Crippen molar-refractivity contribution in [3.05, 3.63) is 0 Å². The van der Waals surface area contributed by atoms with Gasteiger partial charge in [0.1, 0.15) is 0 Å². The first-order chi connectivity index (χ1) is 11.7. The van der Waals surface area contributed by atoms with Gasteiger partial charge in [-0.15, -0.1) is 0 Å². The van der Waals surface area contributed by atoms with Crippen molar-refractivity contribution in [2.24, 2.45) is 0 Å². The topological polar surface area (TPSA) is 93.9 Å². The fourth-order valence-electron chi connectivity index (χ4n) is 3.04. The smallest absolute Gasteiger partial charge is 0.395 e. The van der Waals surface area contributed by atoms with Gasteiger partial charge in [0.05, 0.1) is 26.4 Å². The largest absolute Gasteiger partial charge is 3.00 e. The van der Waals surface area contributed by atoms with Crippen LogP contribution in [0.4, 0.5) is 0 Å². The molecule has 1 aliphatic rings. The van der Waals surface area contributed by atoms with E-state index in [9.17, 15) is 20.4 Å². The maximum Gasteiger partial charge on any atom is 3.00 e. The average Bonchev–Trinajstić information content (AvgIpc) is 2.57. The second-order valence-corrected chi connectivity index (χ2v) is 6.26. The SMILES string of the molecule is OCCN1CCN(CCO)CCN(CCO)CCN(CCO)CC1.[Eu+3].